The summed E-state index contributed by atoms with van der Waals surface area (Å²) >= 11 is 0. The Morgan fingerprint density at radius 1 is 1.57 bits per heavy atom. The van der Waals surface area contributed by atoms with Crippen molar-refractivity contribution in [2.45, 2.75) is 6.92 Å². The highest BCUT2D eigenvalue weighted by atomic mass is 16.5. The summed E-state index contributed by atoms with van der Waals surface area (Å²) in [7, 11) is 1.34. The highest BCUT2D eigenvalue weighted by Gasteiger charge is 2.11. The van der Waals surface area contributed by atoms with Crippen molar-refractivity contribution in [2.75, 3.05) is 7.11 Å². The van der Waals surface area contributed by atoms with Gasteiger partial charge in [0.2, 0.25) is 0 Å². The van der Waals surface area contributed by atoms with Crippen molar-refractivity contribution < 1.29 is 9.53 Å². The maximum atomic E-state index is 11.2. The zero-order chi connectivity index (χ0) is 10.1. The molecule has 2 rings (SSSR count). The molecular formula is C9H9N3O2. The molecular weight excluding hydrogens is 182 g/mol. The van der Waals surface area contributed by atoms with Crippen LogP contribution in [0, 0.1) is 6.92 Å². The summed E-state index contributed by atoms with van der Waals surface area (Å²) in [5.41, 5.74) is 1.97. The Bertz CT molecular complexity index is 490. The summed E-state index contributed by atoms with van der Waals surface area (Å²) in [5.74, 6) is -0.401. The van der Waals surface area contributed by atoms with Crippen LogP contribution in [0.4, 0.5) is 0 Å². The zero-order valence-electron chi connectivity index (χ0n) is 7.87. The first-order chi connectivity index (χ1) is 6.72. The average molecular weight is 191 g/mol. The van der Waals surface area contributed by atoms with Crippen LogP contribution in [-0.4, -0.2) is 28.3 Å². The Balaban J connectivity index is 2.62. The molecule has 0 aliphatic rings. The molecule has 2 aromatic rings. The molecule has 0 spiro atoms. The maximum Gasteiger partial charge on any atom is 0.354 e. The number of aryl methyl sites for hydroxylation is 1. The molecule has 0 radical (unpaired) electrons. The topological polar surface area (TPSA) is 67.9 Å². The van der Waals surface area contributed by atoms with E-state index in [-0.39, 0.29) is 0 Å². The van der Waals surface area contributed by atoms with Crippen LogP contribution >= 0.6 is 0 Å². The Labute approximate surface area is 80.1 Å². The summed E-state index contributed by atoms with van der Waals surface area (Å²) in [5, 5.41) is 8.53. The van der Waals surface area contributed by atoms with E-state index in [0.29, 0.717) is 11.3 Å². The second-order valence-electron chi connectivity index (χ2n) is 2.96. The number of esters is 1. The molecule has 0 atom stereocenters. The SMILES string of the molecule is COC(=O)c1cc2c(C)cnnc2[nH]1. The quantitative estimate of drug-likeness (QED) is 0.684. The Morgan fingerprint density at radius 2 is 2.36 bits per heavy atom. The predicted octanol–water partition coefficient (Wildman–Crippen LogP) is 1.05. The molecule has 2 aromatic heterocycles. The van der Waals surface area contributed by atoms with E-state index in [9.17, 15) is 4.79 Å². The molecule has 0 bridgehead atoms. The number of aromatic nitrogens is 3. The van der Waals surface area contributed by atoms with Gasteiger partial charge in [-0.05, 0) is 18.6 Å². The summed E-state index contributed by atoms with van der Waals surface area (Å²) in [4.78, 5) is 14.0. The van der Waals surface area contributed by atoms with Crippen LogP contribution in [0.15, 0.2) is 12.3 Å². The van der Waals surface area contributed by atoms with Crippen LogP contribution in [0.3, 0.4) is 0 Å². The number of carbonyl (C=O) groups excluding carboxylic acids is 1. The van der Waals surface area contributed by atoms with Crippen molar-refractivity contribution >= 4 is 17.0 Å². The van der Waals surface area contributed by atoms with Crippen LogP contribution < -0.4 is 0 Å². The summed E-state index contributed by atoms with van der Waals surface area (Å²) in [6, 6.07) is 1.71. The normalized spacial score (nSPS) is 10.4. The van der Waals surface area contributed by atoms with E-state index in [0.717, 1.165) is 10.9 Å². The van der Waals surface area contributed by atoms with Gasteiger partial charge in [-0.15, -0.1) is 5.10 Å². The van der Waals surface area contributed by atoms with Gasteiger partial charge in [-0.3, -0.25) is 0 Å². The fraction of sp³-hybridized carbons (Fsp3) is 0.222. The van der Waals surface area contributed by atoms with Gasteiger partial charge in [-0.1, -0.05) is 0 Å². The molecule has 1 N–H and O–H groups in total. The van der Waals surface area contributed by atoms with Gasteiger partial charge in [-0.2, -0.15) is 5.10 Å². The number of carbonyl (C=O) groups is 1. The lowest BCUT2D eigenvalue weighted by Gasteiger charge is -1.91. The van der Waals surface area contributed by atoms with Crippen LogP contribution in [-0.2, 0) is 4.74 Å². The van der Waals surface area contributed by atoms with Crippen LogP contribution in [0.2, 0.25) is 0 Å². The number of methoxy groups -OCH3 is 1. The number of H-pyrrole nitrogens is 1. The fourth-order valence-corrected chi connectivity index (χ4v) is 1.29. The number of rotatable bonds is 1. The lowest BCUT2D eigenvalue weighted by Crippen LogP contribution is -2.00. The Hall–Kier alpha value is -1.91. The van der Waals surface area contributed by atoms with Crippen LogP contribution in [0.25, 0.3) is 11.0 Å². The lowest BCUT2D eigenvalue weighted by atomic mass is 10.2. The van der Waals surface area contributed by atoms with Gasteiger partial charge in [0.05, 0.1) is 13.3 Å². The van der Waals surface area contributed by atoms with E-state index in [1.165, 1.54) is 7.11 Å². The minimum absolute atomic E-state index is 0.395. The van der Waals surface area contributed by atoms with Gasteiger partial charge in [0.25, 0.3) is 0 Å². The van der Waals surface area contributed by atoms with Crippen LogP contribution in [0.1, 0.15) is 16.1 Å². The first-order valence-electron chi connectivity index (χ1n) is 4.11. The van der Waals surface area contributed by atoms with Crippen LogP contribution in [0.5, 0.6) is 0 Å². The number of hydrogen-bond donors (Lipinski definition) is 1. The van der Waals surface area contributed by atoms with E-state index in [2.05, 4.69) is 19.9 Å². The van der Waals surface area contributed by atoms with E-state index in [4.69, 9.17) is 0 Å². The number of aromatic amines is 1. The molecule has 14 heavy (non-hydrogen) atoms. The first-order valence-corrected chi connectivity index (χ1v) is 4.11. The predicted molar refractivity (Wildman–Crippen MR) is 50.0 cm³/mol. The molecule has 0 saturated carbocycles. The largest absolute Gasteiger partial charge is 0.464 e. The van der Waals surface area contributed by atoms with Gasteiger partial charge < -0.3 is 9.72 Å². The van der Waals surface area contributed by atoms with E-state index < -0.39 is 5.97 Å². The average Bonchev–Trinajstić information content (AvgIpc) is 2.62. The molecule has 5 nitrogen and oxygen atoms in total. The second kappa shape index (κ2) is 3.10. The van der Waals surface area contributed by atoms with Crippen molar-refractivity contribution in [1.82, 2.24) is 15.2 Å². The molecule has 0 aliphatic heterocycles. The molecule has 0 aliphatic carbocycles. The molecule has 2 heterocycles. The summed E-state index contributed by atoms with van der Waals surface area (Å²) < 4.78 is 4.59. The maximum absolute atomic E-state index is 11.2. The molecule has 0 fully saturated rings. The number of fused-ring (bicyclic) bond motifs is 1. The Morgan fingerprint density at radius 3 is 3.00 bits per heavy atom. The van der Waals surface area contributed by atoms with Gasteiger partial charge in [-0.25, -0.2) is 4.79 Å². The molecule has 0 aromatic carbocycles. The van der Waals surface area contributed by atoms with Gasteiger partial charge in [0.15, 0.2) is 5.65 Å². The van der Waals surface area contributed by atoms with Crippen molar-refractivity contribution in [3.63, 3.8) is 0 Å². The monoisotopic (exact) mass is 191 g/mol. The number of hydrogen-bond acceptors (Lipinski definition) is 4. The third-order valence-electron chi connectivity index (χ3n) is 2.04. The minimum atomic E-state index is -0.401. The third-order valence-corrected chi connectivity index (χ3v) is 2.04. The van der Waals surface area contributed by atoms with Crippen molar-refractivity contribution in [3.8, 4) is 0 Å². The molecule has 5 heteroatoms. The molecule has 0 unspecified atom stereocenters. The van der Waals surface area contributed by atoms with Crippen molar-refractivity contribution in [2.24, 2.45) is 0 Å². The Kier molecular flexibility index (Phi) is 1.92. The minimum Gasteiger partial charge on any atom is -0.464 e. The summed E-state index contributed by atoms with van der Waals surface area (Å²) in [6.07, 6.45) is 1.65. The number of ether oxygens (including phenoxy) is 1. The van der Waals surface area contributed by atoms with E-state index >= 15 is 0 Å². The molecule has 72 valence electrons. The smallest absolute Gasteiger partial charge is 0.354 e. The summed E-state index contributed by atoms with van der Waals surface area (Å²) in [6.45, 7) is 1.91. The highest BCUT2D eigenvalue weighted by molar-refractivity contribution is 5.94. The molecule has 0 amide bonds. The van der Waals surface area contributed by atoms with E-state index in [1.807, 2.05) is 6.92 Å². The van der Waals surface area contributed by atoms with Crippen molar-refractivity contribution in [3.05, 3.63) is 23.5 Å². The lowest BCUT2D eigenvalue weighted by molar-refractivity contribution is 0.0595. The van der Waals surface area contributed by atoms with Gasteiger partial charge >= 0.3 is 5.97 Å². The first kappa shape index (κ1) is 8.68. The number of nitrogens with one attached hydrogen (secondary N) is 1. The van der Waals surface area contributed by atoms with Gasteiger partial charge in [0, 0.05) is 5.39 Å². The van der Waals surface area contributed by atoms with E-state index in [1.54, 1.807) is 12.3 Å². The fourth-order valence-electron chi connectivity index (χ4n) is 1.29. The van der Waals surface area contributed by atoms with Crippen molar-refractivity contribution in [1.29, 1.82) is 0 Å². The molecule has 0 saturated heterocycles. The zero-order valence-corrected chi connectivity index (χ0v) is 7.87. The highest BCUT2D eigenvalue weighted by Crippen LogP contribution is 2.16. The second-order valence-corrected chi connectivity index (χ2v) is 2.96. The number of nitrogens with zero attached hydrogens (tertiary/aromatic N) is 2. The third kappa shape index (κ3) is 1.22. The standard InChI is InChI=1S/C9H9N3O2/c1-5-4-10-12-8-6(5)3-7(11-8)9(13)14-2/h3-4H,1-2H3,(H,11,12). The van der Waals surface area contributed by atoms with Gasteiger partial charge in [0.1, 0.15) is 5.69 Å².